The van der Waals surface area contributed by atoms with E-state index in [4.69, 9.17) is 4.74 Å². The Labute approximate surface area is 204 Å². The van der Waals surface area contributed by atoms with Crippen molar-refractivity contribution >= 4 is 12.0 Å². The van der Waals surface area contributed by atoms with Gasteiger partial charge in [0.25, 0.3) is 5.91 Å². The summed E-state index contributed by atoms with van der Waals surface area (Å²) in [4.78, 5) is 15.2. The number of ether oxygens (including phenoxy) is 1. The van der Waals surface area contributed by atoms with Gasteiger partial charge in [0.2, 0.25) is 0 Å². The van der Waals surface area contributed by atoms with Crippen LogP contribution in [0.15, 0.2) is 35.9 Å². The molecule has 2 heterocycles. The Kier molecular flexibility index (Phi) is 9.50. The van der Waals surface area contributed by atoms with Gasteiger partial charge < -0.3 is 14.6 Å². The number of nitriles is 1. The third-order valence-corrected chi connectivity index (χ3v) is 6.62. The first-order valence-corrected chi connectivity index (χ1v) is 12.3. The van der Waals surface area contributed by atoms with Crippen molar-refractivity contribution in [1.29, 1.82) is 5.26 Å². The van der Waals surface area contributed by atoms with Crippen LogP contribution in [0.5, 0.6) is 0 Å². The summed E-state index contributed by atoms with van der Waals surface area (Å²) in [5.41, 5.74) is 5.40. The van der Waals surface area contributed by atoms with E-state index < -0.39 is 0 Å². The van der Waals surface area contributed by atoms with Gasteiger partial charge in [-0.3, -0.25) is 9.69 Å². The van der Waals surface area contributed by atoms with Crippen molar-refractivity contribution in [3.05, 3.63) is 64.0 Å². The fraction of sp³-hybridized carbons (Fsp3) is 0.500. The molecule has 1 unspecified atom stereocenters. The third-order valence-electron chi connectivity index (χ3n) is 6.62. The Bertz CT molecular complexity index is 1020. The highest BCUT2D eigenvalue weighted by atomic mass is 16.5. The molecule has 6 nitrogen and oxygen atoms in total. The molecule has 1 amide bonds. The number of nitrogens with one attached hydrogen (secondary N) is 1. The lowest BCUT2D eigenvalue weighted by atomic mass is 10.1. The van der Waals surface area contributed by atoms with Crippen molar-refractivity contribution in [2.75, 3.05) is 26.8 Å². The number of benzene rings is 1. The van der Waals surface area contributed by atoms with Crippen LogP contribution in [0.25, 0.3) is 6.08 Å². The fourth-order valence-corrected chi connectivity index (χ4v) is 4.84. The minimum absolute atomic E-state index is 0.109. The maximum Gasteiger partial charge on any atom is 0.262 e. The minimum Gasteiger partial charge on any atom is -0.383 e. The van der Waals surface area contributed by atoms with Crippen LogP contribution in [-0.4, -0.2) is 42.2 Å². The van der Waals surface area contributed by atoms with Crippen molar-refractivity contribution in [1.82, 2.24) is 14.8 Å². The average Bonchev–Trinajstić information content (AvgIpc) is 2.97. The Morgan fingerprint density at radius 1 is 1.15 bits per heavy atom. The molecule has 0 aliphatic carbocycles. The molecule has 1 N–H and O–H groups in total. The van der Waals surface area contributed by atoms with Crippen molar-refractivity contribution in [3.8, 4) is 6.07 Å². The van der Waals surface area contributed by atoms with Crippen LogP contribution in [0.3, 0.4) is 0 Å². The molecule has 0 spiro atoms. The second-order valence-electron chi connectivity index (χ2n) is 9.36. The highest BCUT2D eigenvalue weighted by Gasteiger charge is 2.16. The molecule has 0 radical (unpaired) electrons. The molecule has 3 rings (SSSR count). The number of nitrogens with zero attached hydrogens (tertiary/aromatic N) is 3. The summed E-state index contributed by atoms with van der Waals surface area (Å²) in [6.45, 7) is 10.4. The Hall–Kier alpha value is -2.88. The van der Waals surface area contributed by atoms with Crippen molar-refractivity contribution < 1.29 is 9.53 Å². The molecule has 2 aromatic rings. The maximum absolute atomic E-state index is 12.7. The number of likely N-dealkylation sites (tertiary alicyclic amines) is 1. The molecule has 1 aromatic heterocycles. The molecule has 1 aliphatic rings. The monoisotopic (exact) mass is 462 g/mol. The number of aromatic nitrogens is 1. The number of amides is 1. The molecular weight excluding hydrogens is 424 g/mol. The van der Waals surface area contributed by atoms with Crippen LogP contribution in [0.4, 0.5) is 0 Å². The fourth-order valence-electron chi connectivity index (χ4n) is 4.84. The zero-order valence-electron chi connectivity index (χ0n) is 21.1. The van der Waals surface area contributed by atoms with E-state index in [1.165, 1.54) is 44.3 Å². The molecular formula is C28H38N4O2. The Morgan fingerprint density at radius 3 is 2.41 bits per heavy atom. The number of hydrogen-bond donors (Lipinski definition) is 1. The molecule has 0 bridgehead atoms. The van der Waals surface area contributed by atoms with Gasteiger partial charge in [-0.05, 0) is 75.5 Å². The lowest BCUT2D eigenvalue weighted by Gasteiger charge is -2.19. The van der Waals surface area contributed by atoms with Gasteiger partial charge in [-0.15, -0.1) is 0 Å². The zero-order chi connectivity index (χ0) is 24.5. The van der Waals surface area contributed by atoms with Gasteiger partial charge in [0.05, 0.1) is 12.6 Å². The van der Waals surface area contributed by atoms with Gasteiger partial charge in [0.15, 0.2) is 0 Å². The average molecular weight is 463 g/mol. The van der Waals surface area contributed by atoms with Crippen LogP contribution < -0.4 is 5.32 Å². The summed E-state index contributed by atoms with van der Waals surface area (Å²) in [5.74, 6) is -0.356. The van der Waals surface area contributed by atoms with Gasteiger partial charge in [0.1, 0.15) is 11.6 Å². The van der Waals surface area contributed by atoms with Gasteiger partial charge >= 0.3 is 0 Å². The normalized spacial score (nSPS) is 16.0. The second kappa shape index (κ2) is 12.5. The van der Waals surface area contributed by atoms with Gasteiger partial charge in [-0.25, -0.2) is 0 Å². The van der Waals surface area contributed by atoms with Gasteiger partial charge in [-0.2, -0.15) is 5.26 Å². The summed E-state index contributed by atoms with van der Waals surface area (Å²) in [6, 6.07) is 12.7. The first-order chi connectivity index (χ1) is 16.4. The molecule has 1 saturated heterocycles. The predicted molar refractivity (Wildman–Crippen MR) is 136 cm³/mol. The van der Waals surface area contributed by atoms with E-state index >= 15 is 0 Å². The highest BCUT2D eigenvalue weighted by Crippen LogP contribution is 2.23. The van der Waals surface area contributed by atoms with Crippen molar-refractivity contribution in [2.45, 2.75) is 65.6 Å². The number of carbonyl (C=O) groups excluding carboxylic acids is 1. The van der Waals surface area contributed by atoms with Crippen molar-refractivity contribution in [2.24, 2.45) is 0 Å². The number of methoxy groups -OCH3 is 1. The van der Waals surface area contributed by atoms with Crippen LogP contribution in [0.1, 0.15) is 66.7 Å². The number of carbonyl (C=O) groups is 1. The SMILES string of the molecule is COCC(C)n1c(C)cc(C=C(C#N)C(=O)NCc2ccc(CN3CCCCCC3)cc2)c1C. The van der Waals surface area contributed by atoms with E-state index in [0.717, 1.165) is 29.1 Å². The first kappa shape index (κ1) is 25.7. The van der Waals surface area contributed by atoms with Crippen LogP contribution in [0.2, 0.25) is 0 Å². The molecule has 1 atom stereocenters. The van der Waals surface area contributed by atoms with E-state index in [1.54, 1.807) is 13.2 Å². The van der Waals surface area contributed by atoms with E-state index in [0.29, 0.717) is 13.2 Å². The van der Waals surface area contributed by atoms with E-state index in [-0.39, 0.29) is 17.5 Å². The quantitative estimate of drug-likeness (QED) is 0.425. The van der Waals surface area contributed by atoms with E-state index in [1.807, 2.05) is 19.9 Å². The largest absolute Gasteiger partial charge is 0.383 e. The number of rotatable bonds is 9. The summed E-state index contributed by atoms with van der Waals surface area (Å²) in [5, 5.41) is 12.5. The molecule has 0 saturated carbocycles. The Balaban J connectivity index is 1.61. The zero-order valence-corrected chi connectivity index (χ0v) is 21.1. The van der Waals surface area contributed by atoms with E-state index in [2.05, 4.69) is 52.0 Å². The van der Waals surface area contributed by atoms with Crippen LogP contribution in [0, 0.1) is 25.2 Å². The third kappa shape index (κ3) is 6.82. The standard InChI is InChI=1S/C28H38N4O2/c1-21-15-26(23(3)32(21)22(2)20-34-4)16-27(17-29)28(33)30-18-24-9-11-25(12-10-24)19-31-13-7-5-6-8-14-31/h9-12,15-16,22H,5-8,13-14,18-20H2,1-4H3,(H,30,33). The number of aryl methyl sites for hydroxylation is 1. The molecule has 182 valence electrons. The lowest BCUT2D eigenvalue weighted by Crippen LogP contribution is -2.24. The summed E-state index contributed by atoms with van der Waals surface area (Å²) < 4.78 is 7.46. The molecule has 34 heavy (non-hydrogen) atoms. The van der Waals surface area contributed by atoms with Gasteiger partial charge in [0, 0.05) is 31.6 Å². The number of hydrogen-bond acceptors (Lipinski definition) is 4. The summed E-state index contributed by atoms with van der Waals surface area (Å²) in [6.07, 6.45) is 6.93. The van der Waals surface area contributed by atoms with Crippen LogP contribution >= 0.6 is 0 Å². The predicted octanol–water partition coefficient (Wildman–Crippen LogP) is 4.91. The molecule has 6 heteroatoms. The topological polar surface area (TPSA) is 70.3 Å². The minimum atomic E-state index is -0.356. The summed E-state index contributed by atoms with van der Waals surface area (Å²) in [7, 11) is 1.69. The smallest absolute Gasteiger partial charge is 0.262 e. The Morgan fingerprint density at radius 2 is 1.79 bits per heavy atom. The summed E-state index contributed by atoms with van der Waals surface area (Å²) >= 11 is 0. The maximum atomic E-state index is 12.7. The van der Waals surface area contributed by atoms with Crippen molar-refractivity contribution in [3.63, 3.8) is 0 Å². The molecule has 1 fully saturated rings. The molecule has 1 aliphatic heterocycles. The highest BCUT2D eigenvalue weighted by molar-refractivity contribution is 6.01. The van der Waals surface area contributed by atoms with Gasteiger partial charge in [-0.1, -0.05) is 37.1 Å². The molecule has 1 aromatic carbocycles. The van der Waals surface area contributed by atoms with Crippen LogP contribution in [-0.2, 0) is 22.6 Å². The lowest BCUT2D eigenvalue weighted by molar-refractivity contribution is -0.117. The second-order valence-corrected chi connectivity index (χ2v) is 9.36. The first-order valence-electron chi connectivity index (χ1n) is 12.3. The van der Waals surface area contributed by atoms with E-state index in [9.17, 15) is 10.1 Å².